The van der Waals surface area contributed by atoms with Crippen molar-refractivity contribution in [2.45, 2.75) is 13.0 Å². The largest absolute Gasteiger partial charge is 0.360 e. The summed E-state index contributed by atoms with van der Waals surface area (Å²) in [5.74, 6) is 0.147. The summed E-state index contributed by atoms with van der Waals surface area (Å²) in [5, 5.41) is 1.44. The number of piperazine rings is 1. The molecule has 2 aromatic rings. The summed E-state index contributed by atoms with van der Waals surface area (Å²) in [7, 11) is 3.83. The Morgan fingerprint density at radius 3 is 2.44 bits per heavy atom. The normalized spacial score (nSPS) is 17.5. The van der Waals surface area contributed by atoms with E-state index in [4.69, 9.17) is 23.2 Å². The fourth-order valence-corrected chi connectivity index (χ4v) is 3.95. The number of amides is 1. The van der Waals surface area contributed by atoms with Gasteiger partial charge in [0.2, 0.25) is 5.91 Å². The fraction of sp³-hybridized carbons (Fsp3) is 0.381. The molecule has 27 heavy (non-hydrogen) atoms. The number of nitrogens with zero attached hydrogens (tertiary/aromatic N) is 3. The molecule has 0 unspecified atom stereocenters. The lowest BCUT2D eigenvalue weighted by Gasteiger charge is -2.43. The zero-order valence-electron chi connectivity index (χ0n) is 16.0. The number of carbonyl (C=O) groups is 1. The van der Waals surface area contributed by atoms with E-state index in [1.807, 2.05) is 61.2 Å². The summed E-state index contributed by atoms with van der Waals surface area (Å²) in [4.78, 5) is 18.8. The van der Waals surface area contributed by atoms with E-state index in [1.165, 1.54) is 0 Å². The maximum atomic E-state index is 12.6. The lowest BCUT2D eigenvalue weighted by molar-refractivity contribution is -0.132. The molecule has 0 radical (unpaired) electrons. The van der Waals surface area contributed by atoms with Crippen molar-refractivity contribution >= 4 is 34.8 Å². The minimum absolute atomic E-state index is 0.0299. The number of halogens is 2. The van der Waals surface area contributed by atoms with Crippen LogP contribution in [0.4, 0.5) is 5.69 Å². The second-order valence-corrected chi connectivity index (χ2v) is 8.14. The molecule has 0 N–H and O–H groups in total. The number of anilines is 1. The first-order valence-corrected chi connectivity index (χ1v) is 9.81. The highest BCUT2D eigenvalue weighted by atomic mass is 35.5. The molecule has 1 aliphatic heterocycles. The van der Waals surface area contributed by atoms with Gasteiger partial charge in [-0.05, 0) is 56.4 Å². The first kappa shape index (κ1) is 20.0. The fourth-order valence-electron chi connectivity index (χ4n) is 3.48. The second-order valence-electron chi connectivity index (χ2n) is 7.29. The number of hydrogen-bond donors (Lipinski definition) is 0. The Morgan fingerprint density at radius 2 is 1.81 bits per heavy atom. The van der Waals surface area contributed by atoms with E-state index in [9.17, 15) is 4.79 Å². The van der Waals surface area contributed by atoms with Crippen LogP contribution < -0.4 is 4.90 Å². The minimum atomic E-state index is 0.0299. The molecule has 0 bridgehead atoms. The monoisotopic (exact) mass is 405 g/mol. The van der Waals surface area contributed by atoms with Gasteiger partial charge in [-0.2, -0.15) is 0 Å². The zero-order valence-corrected chi connectivity index (χ0v) is 17.5. The number of carbonyl (C=O) groups excluding carboxylic acids is 1. The van der Waals surface area contributed by atoms with E-state index in [-0.39, 0.29) is 11.9 Å². The molecule has 144 valence electrons. The molecule has 0 saturated carbocycles. The lowest BCUT2D eigenvalue weighted by Crippen LogP contribution is -2.52. The van der Waals surface area contributed by atoms with Gasteiger partial charge in [0.1, 0.15) is 0 Å². The highest BCUT2D eigenvalue weighted by molar-refractivity contribution is 6.33. The highest BCUT2D eigenvalue weighted by Gasteiger charge is 2.31. The molecular weight excluding hydrogens is 381 g/mol. The van der Waals surface area contributed by atoms with Gasteiger partial charge in [-0.25, -0.2) is 0 Å². The lowest BCUT2D eigenvalue weighted by atomic mass is 10.0. The van der Waals surface area contributed by atoms with Crippen LogP contribution in [0.3, 0.4) is 0 Å². The molecule has 1 fully saturated rings. The van der Waals surface area contributed by atoms with Gasteiger partial charge in [-0.15, -0.1) is 0 Å². The van der Waals surface area contributed by atoms with Gasteiger partial charge in [0.05, 0.1) is 23.3 Å². The van der Waals surface area contributed by atoms with Crippen molar-refractivity contribution in [3.05, 3.63) is 63.6 Å². The van der Waals surface area contributed by atoms with Crippen LogP contribution in [-0.2, 0) is 4.79 Å². The van der Waals surface area contributed by atoms with Crippen molar-refractivity contribution in [3.63, 3.8) is 0 Å². The second kappa shape index (κ2) is 8.51. The average Bonchev–Trinajstić information content (AvgIpc) is 2.61. The van der Waals surface area contributed by atoms with Crippen molar-refractivity contribution in [3.8, 4) is 0 Å². The van der Waals surface area contributed by atoms with Crippen LogP contribution in [0.2, 0.25) is 10.0 Å². The molecule has 1 atom stereocenters. The van der Waals surface area contributed by atoms with Crippen LogP contribution in [0.25, 0.3) is 0 Å². The van der Waals surface area contributed by atoms with Gasteiger partial charge in [-0.1, -0.05) is 41.4 Å². The smallest absolute Gasteiger partial charge is 0.236 e. The summed E-state index contributed by atoms with van der Waals surface area (Å²) >= 11 is 12.6. The molecule has 0 aromatic heterocycles. The van der Waals surface area contributed by atoms with E-state index in [0.717, 1.165) is 28.4 Å². The number of likely N-dealkylation sites (N-methyl/N-ethyl adjacent to an activating group) is 1. The Labute approximate surface area is 171 Å². The summed E-state index contributed by atoms with van der Waals surface area (Å²) in [6.45, 7) is 4.48. The van der Waals surface area contributed by atoms with E-state index in [1.54, 1.807) is 0 Å². The van der Waals surface area contributed by atoms with Crippen LogP contribution in [0.5, 0.6) is 0 Å². The number of benzene rings is 2. The molecule has 3 rings (SSSR count). The van der Waals surface area contributed by atoms with Crippen LogP contribution in [0.15, 0.2) is 42.5 Å². The highest BCUT2D eigenvalue weighted by Crippen LogP contribution is 2.36. The van der Waals surface area contributed by atoms with Crippen LogP contribution in [0, 0.1) is 6.92 Å². The molecule has 1 saturated heterocycles. The number of hydrogen-bond acceptors (Lipinski definition) is 3. The van der Waals surface area contributed by atoms with E-state index in [0.29, 0.717) is 24.7 Å². The van der Waals surface area contributed by atoms with Crippen molar-refractivity contribution in [2.75, 3.05) is 45.2 Å². The summed E-state index contributed by atoms with van der Waals surface area (Å²) in [6, 6.07) is 14.0. The van der Waals surface area contributed by atoms with Gasteiger partial charge in [0, 0.05) is 24.7 Å². The third kappa shape index (κ3) is 4.75. The Hall–Kier alpha value is -1.75. The summed E-state index contributed by atoms with van der Waals surface area (Å²) in [5.41, 5.74) is 3.26. The topological polar surface area (TPSA) is 26.8 Å². The van der Waals surface area contributed by atoms with E-state index in [2.05, 4.69) is 17.0 Å². The molecule has 1 amide bonds. The molecule has 1 heterocycles. The molecule has 2 aromatic carbocycles. The molecule has 4 nitrogen and oxygen atoms in total. The molecular formula is C21H25Cl2N3O. The maximum absolute atomic E-state index is 12.6. The SMILES string of the molecule is Cc1ccc(N2CCN(C(=O)CN(C)C)C[C@H]2c2ccc(Cl)cc2)c(Cl)c1. The Balaban J connectivity index is 1.92. The molecule has 0 spiro atoms. The predicted octanol–water partition coefficient (Wildman–Crippen LogP) is 4.25. The summed E-state index contributed by atoms with van der Waals surface area (Å²) < 4.78 is 0. The standard InChI is InChI=1S/C21H25Cl2N3O/c1-15-4-9-19(18(23)12-15)26-11-10-25(21(27)14-24(2)3)13-20(26)16-5-7-17(22)8-6-16/h4-9,12,20H,10-11,13-14H2,1-3H3/t20-/m0/s1. The van der Waals surface area contributed by atoms with Crippen molar-refractivity contribution in [1.29, 1.82) is 0 Å². The van der Waals surface area contributed by atoms with Crippen LogP contribution in [0.1, 0.15) is 17.2 Å². The van der Waals surface area contributed by atoms with Crippen molar-refractivity contribution < 1.29 is 4.79 Å². The first-order chi connectivity index (χ1) is 12.8. The third-order valence-electron chi connectivity index (χ3n) is 4.85. The van der Waals surface area contributed by atoms with Crippen molar-refractivity contribution in [1.82, 2.24) is 9.80 Å². The number of aryl methyl sites for hydroxylation is 1. The summed E-state index contributed by atoms with van der Waals surface area (Å²) in [6.07, 6.45) is 0. The quantitative estimate of drug-likeness (QED) is 0.760. The van der Waals surface area contributed by atoms with Gasteiger partial charge < -0.3 is 14.7 Å². The minimum Gasteiger partial charge on any atom is -0.360 e. The van der Waals surface area contributed by atoms with E-state index < -0.39 is 0 Å². The van der Waals surface area contributed by atoms with Crippen LogP contribution >= 0.6 is 23.2 Å². The Bertz CT molecular complexity index is 808. The van der Waals surface area contributed by atoms with Gasteiger partial charge in [0.25, 0.3) is 0 Å². The first-order valence-electron chi connectivity index (χ1n) is 9.06. The molecule has 0 aliphatic carbocycles. The van der Waals surface area contributed by atoms with E-state index >= 15 is 0 Å². The zero-order chi connectivity index (χ0) is 19.6. The predicted molar refractivity (Wildman–Crippen MR) is 113 cm³/mol. The van der Waals surface area contributed by atoms with Gasteiger partial charge in [0.15, 0.2) is 0 Å². The van der Waals surface area contributed by atoms with Crippen molar-refractivity contribution in [2.24, 2.45) is 0 Å². The Kier molecular flexibility index (Phi) is 6.30. The van der Waals surface area contributed by atoms with Gasteiger partial charge >= 0.3 is 0 Å². The third-order valence-corrected chi connectivity index (χ3v) is 5.41. The molecule has 1 aliphatic rings. The molecule has 6 heteroatoms. The van der Waals surface area contributed by atoms with Gasteiger partial charge in [-0.3, -0.25) is 4.79 Å². The average molecular weight is 406 g/mol. The number of rotatable bonds is 4. The Morgan fingerprint density at radius 1 is 1.11 bits per heavy atom. The maximum Gasteiger partial charge on any atom is 0.236 e. The van der Waals surface area contributed by atoms with Crippen LogP contribution in [-0.4, -0.2) is 56.0 Å².